The van der Waals surface area contributed by atoms with Gasteiger partial charge in [0.2, 0.25) is 0 Å². The van der Waals surface area contributed by atoms with Gasteiger partial charge in [0.25, 0.3) is 5.91 Å². The third kappa shape index (κ3) is 1.49. The van der Waals surface area contributed by atoms with E-state index in [0.29, 0.717) is 13.2 Å². The molecule has 3 nitrogen and oxygen atoms in total. The number of ether oxygens (including phenoxy) is 1. The average molecular weight is 183 g/mol. The molecule has 12 heavy (non-hydrogen) atoms. The monoisotopic (exact) mass is 183 g/mol. The van der Waals surface area contributed by atoms with E-state index in [2.05, 4.69) is 5.32 Å². The summed E-state index contributed by atoms with van der Waals surface area (Å²) in [7, 11) is 0. The van der Waals surface area contributed by atoms with Gasteiger partial charge in [-0.3, -0.25) is 4.79 Å². The molecule has 64 valence electrons. The lowest BCUT2D eigenvalue weighted by molar-refractivity contribution is -0.00338. The number of thiophene rings is 1. The Labute approximate surface area is 74.4 Å². The summed E-state index contributed by atoms with van der Waals surface area (Å²) < 4.78 is 4.94. The fourth-order valence-corrected chi connectivity index (χ4v) is 1.61. The summed E-state index contributed by atoms with van der Waals surface area (Å²) in [5.74, 6) is 0.0123. The Morgan fingerprint density at radius 3 is 3.00 bits per heavy atom. The molecule has 4 heteroatoms. The van der Waals surface area contributed by atoms with Crippen molar-refractivity contribution < 1.29 is 9.53 Å². The third-order valence-electron chi connectivity index (χ3n) is 1.72. The largest absolute Gasteiger partial charge is 0.377 e. The molecule has 1 saturated heterocycles. The van der Waals surface area contributed by atoms with Gasteiger partial charge in [0.05, 0.1) is 24.1 Å². The van der Waals surface area contributed by atoms with Crippen LogP contribution in [0.25, 0.3) is 0 Å². The highest BCUT2D eigenvalue weighted by Crippen LogP contribution is 2.09. The van der Waals surface area contributed by atoms with E-state index in [-0.39, 0.29) is 11.9 Å². The van der Waals surface area contributed by atoms with Gasteiger partial charge in [-0.15, -0.1) is 11.3 Å². The number of hydrogen-bond donors (Lipinski definition) is 1. The molecule has 1 aliphatic heterocycles. The molecular weight excluding hydrogens is 174 g/mol. The van der Waals surface area contributed by atoms with Crippen LogP contribution in [-0.4, -0.2) is 25.2 Å². The molecule has 0 saturated carbocycles. The first kappa shape index (κ1) is 7.76. The van der Waals surface area contributed by atoms with Crippen molar-refractivity contribution in [2.24, 2.45) is 0 Å². The summed E-state index contributed by atoms with van der Waals surface area (Å²) in [6.07, 6.45) is 0. The van der Waals surface area contributed by atoms with Gasteiger partial charge in [0.15, 0.2) is 0 Å². The first-order chi connectivity index (χ1) is 5.86. The van der Waals surface area contributed by atoms with Crippen LogP contribution in [-0.2, 0) is 4.74 Å². The van der Waals surface area contributed by atoms with Crippen LogP contribution in [0.1, 0.15) is 9.67 Å². The fourth-order valence-electron chi connectivity index (χ4n) is 0.983. The summed E-state index contributed by atoms with van der Waals surface area (Å²) in [6, 6.07) is 3.91. The maximum atomic E-state index is 11.4. The molecule has 0 aromatic carbocycles. The molecule has 2 rings (SSSR count). The topological polar surface area (TPSA) is 38.3 Å². The molecule has 1 aromatic rings. The van der Waals surface area contributed by atoms with Crippen LogP contribution in [0.3, 0.4) is 0 Å². The summed E-state index contributed by atoms with van der Waals surface area (Å²) in [5.41, 5.74) is 0. The summed E-state index contributed by atoms with van der Waals surface area (Å²) in [4.78, 5) is 12.1. The highest BCUT2D eigenvalue weighted by atomic mass is 32.1. The van der Waals surface area contributed by atoms with E-state index in [1.807, 2.05) is 17.5 Å². The van der Waals surface area contributed by atoms with E-state index >= 15 is 0 Å². The highest BCUT2D eigenvalue weighted by molar-refractivity contribution is 7.12. The second kappa shape index (κ2) is 3.25. The molecule has 0 bridgehead atoms. The van der Waals surface area contributed by atoms with E-state index in [0.717, 1.165) is 4.88 Å². The Hall–Kier alpha value is -0.870. The SMILES string of the molecule is O=C(NC1COC1)c1cccs1. The summed E-state index contributed by atoms with van der Waals surface area (Å²) in [6.45, 7) is 1.30. The van der Waals surface area contributed by atoms with Crippen LogP contribution in [0.5, 0.6) is 0 Å². The minimum atomic E-state index is 0.0123. The molecule has 0 aliphatic carbocycles. The van der Waals surface area contributed by atoms with Gasteiger partial charge in [-0.25, -0.2) is 0 Å². The van der Waals surface area contributed by atoms with Crippen LogP contribution in [0.4, 0.5) is 0 Å². The Morgan fingerprint density at radius 1 is 1.67 bits per heavy atom. The van der Waals surface area contributed by atoms with E-state index in [1.54, 1.807) is 0 Å². The molecule has 0 spiro atoms. The molecule has 1 fully saturated rings. The van der Waals surface area contributed by atoms with E-state index in [9.17, 15) is 4.79 Å². The van der Waals surface area contributed by atoms with Crippen LogP contribution in [0.2, 0.25) is 0 Å². The number of carbonyl (C=O) groups is 1. The van der Waals surface area contributed by atoms with Gasteiger partial charge in [-0.2, -0.15) is 0 Å². The molecule has 1 aliphatic rings. The molecule has 2 heterocycles. The lowest BCUT2D eigenvalue weighted by atomic mass is 10.2. The number of carbonyl (C=O) groups excluding carboxylic acids is 1. The van der Waals surface area contributed by atoms with Crippen molar-refractivity contribution >= 4 is 17.2 Å². The zero-order valence-electron chi connectivity index (χ0n) is 6.45. The van der Waals surface area contributed by atoms with Crippen molar-refractivity contribution in [2.45, 2.75) is 6.04 Å². The number of rotatable bonds is 2. The van der Waals surface area contributed by atoms with E-state index < -0.39 is 0 Å². The van der Waals surface area contributed by atoms with Crippen LogP contribution in [0, 0.1) is 0 Å². The molecule has 1 amide bonds. The van der Waals surface area contributed by atoms with Crippen molar-refractivity contribution in [1.29, 1.82) is 0 Å². The maximum Gasteiger partial charge on any atom is 0.261 e. The van der Waals surface area contributed by atoms with Gasteiger partial charge in [0, 0.05) is 0 Å². The average Bonchev–Trinajstić information content (AvgIpc) is 2.47. The molecule has 0 atom stereocenters. The van der Waals surface area contributed by atoms with Gasteiger partial charge in [0.1, 0.15) is 0 Å². The van der Waals surface area contributed by atoms with Crippen LogP contribution in [0.15, 0.2) is 17.5 Å². The van der Waals surface area contributed by atoms with E-state index in [1.165, 1.54) is 11.3 Å². The van der Waals surface area contributed by atoms with Crippen molar-refractivity contribution in [3.63, 3.8) is 0 Å². The predicted octanol–water partition coefficient (Wildman–Crippen LogP) is 0.877. The second-order valence-corrected chi connectivity index (χ2v) is 3.63. The smallest absolute Gasteiger partial charge is 0.261 e. The minimum absolute atomic E-state index is 0.0123. The quantitative estimate of drug-likeness (QED) is 0.739. The van der Waals surface area contributed by atoms with Crippen molar-refractivity contribution in [3.8, 4) is 0 Å². The normalized spacial score (nSPS) is 17.0. The third-order valence-corrected chi connectivity index (χ3v) is 2.59. The molecule has 0 unspecified atom stereocenters. The molecule has 0 radical (unpaired) electrons. The Morgan fingerprint density at radius 2 is 2.50 bits per heavy atom. The zero-order valence-corrected chi connectivity index (χ0v) is 7.26. The van der Waals surface area contributed by atoms with E-state index in [4.69, 9.17) is 4.74 Å². The lowest BCUT2D eigenvalue weighted by Crippen LogP contribution is -2.48. The highest BCUT2D eigenvalue weighted by Gasteiger charge is 2.20. The zero-order chi connectivity index (χ0) is 8.39. The number of amides is 1. The Bertz CT molecular complexity index is 267. The maximum absolute atomic E-state index is 11.4. The number of hydrogen-bond acceptors (Lipinski definition) is 3. The molecular formula is C8H9NO2S. The number of nitrogens with one attached hydrogen (secondary N) is 1. The van der Waals surface area contributed by atoms with Gasteiger partial charge in [-0.1, -0.05) is 6.07 Å². The first-order valence-electron chi connectivity index (χ1n) is 3.78. The van der Waals surface area contributed by atoms with Crippen molar-refractivity contribution in [2.75, 3.05) is 13.2 Å². The summed E-state index contributed by atoms with van der Waals surface area (Å²) in [5, 5.41) is 4.76. The van der Waals surface area contributed by atoms with Gasteiger partial charge in [-0.05, 0) is 11.4 Å². The lowest BCUT2D eigenvalue weighted by Gasteiger charge is -2.26. The molecule has 1 N–H and O–H groups in total. The Balaban J connectivity index is 1.92. The van der Waals surface area contributed by atoms with Crippen molar-refractivity contribution in [3.05, 3.63) is 22.4 Å². The van der Waals surface area contributed by atoms with Crippen LogP contribution < -0.4 is 5.32 Å². The molecule has 1 aromatic heterocycles. The van der Waals surface area contributed by atoms with Gasteiger partial charge >= 0.3 is 0 Å². The minimum Gasteiger partial charge on any atom is -0.377 e. The van der Waals surface area contributed by atoms with Crippen molar-refractivity contribution in [1.82, 2.24) is 5.32 Å². The van der Waals surface area contributed by atoms with Crippen LogP contribution >= 0.6 is 11.3 Å². The Kier molecular flexibility index (Phi) is 2.10. The fraction of sp³-hybridized carbons (Fsp3) is 0.375. The predicted molar refractivity (Wildman–Crippen MR) is 46.4 cm³/mol. The second-order valence-electron chi connectivity index (χ2n) is 2.69. The first-order valence-corrected chi connectivity index (χ1v) is 4.66. The standard InChI is InChI=1S/C8H9NO2S/c10-8(7-2-1-3-12-7)9-6-4-11-5-6/h1-3,6H,4-5H2,(H,9,10). The van der Waals surface area contributed by atoms with Gasteiger partial charge < -0.3 is 10.1 Å². The summed E-state index contributed by atoms with van der Waals surface area (Å²) >= 11 is 1.45.